The predicted molar refractivity (Wildman–Crippen MR) is 159 cm³/mol. The number of anilines is 1. The van der Waals surface area contributed by atoms with Crippen molar-refractivity contribution in [1.29, 1.82) is 5.26 Å². The summed E-state index contributed by atoms with van der Waals surface area (Å²) in [5, 5.41) is 9.24. The van der Waals surface area contributed by atoms with Crippen molar-refractivity contribution in [2.45, 2.75) is 105 Å². The topological polar surface area (TPSA) is 44.1 Å². The molecule has 0 aromatic heterocycles. The number of nitriles is 1. The van der Waals surface area contributed by atoms with E-state index in [0.717, 1.165) is 37.9 Å². The smallest absolute Gasteiger partial charge is 0.143 e. The van der Waals surface area contributed by atoms with Crippen LogP contribution in [0.2, 0.25) is 0 Å². The van der Waals surface area contributed by atoms with Crippen LogP contribution in [0.15, 0.2) is 30.4 Å². The lowest BCUT2D eigenvalue weighted by Crippen LogP contribution is -2.69. The molecule has 9 atom stereocenters. The number of piperidine rings is 1. The van der Waals surface area contributed by atoms with E-state index in [1.54, 1.807) is 12.1 Å². The normalized spacial score (nSPS) is 45.4. The average molecular weight is 545 g/mol. The molecule has 0 radical (unpaired) electrons. The van der Waals surface area contributed by atoms with Crippen LogP contribution in [-0.2, 0) is 4.79 Å². The second-order valence-corrected chi connectivity index (χ2v) is 15.9. The number of allylic oxidation sites excluding steroid dienone is 1. The van der Waals surface area contributed by atoms with Gasteiger partial charge in [0.05, 0.1) is 5.56 Å². The summed E-state index contributed by atoms with van der Waals surface area (Å²) in [4.78, 5) is 15.1. The van der Waals surface area contributed by atoms with Crippen LogP contribution in [0.4, 0.5) is 10.1 Å². The standard InChI is InChI=1S/C36H49FN2O/c1-23(2)26-12-15-36(22-40)17-16-34(6)27(31(26)36)10-11-30-33(5)18-19-39(25-9-8-24(21-38)28(37)20-25)32(3,4)29(33)13-14-35(30,34)7/h8-9,20,22,26-27,29-31H,1,10-19H2,2-7H3/t26-,27+,29-,30+,31+,33-,34+,35+,36+/m0/s1. The number of halogens is 1. The van der Waals surface area contributed by atoms with Gasteiger partial charge in [-0.2, -0.15) is 5.26 Å². The third-order valence-electron chi connectivity index (χ3n) is 14.4. The molecular weight excluding hydrogens is 495 g/mol. The lowest BCUT2D eigenvalue weighted by atomic mass is 9.33. The zero-order valence-corrected chi connectivity index (χ0v) is 25.7. The summed E-state index contributed by atoms with van der Waals surface area (Å²) in [6, 6.07) is 7.12. The number of carbonyl (C=O) groups is 1. The first kappa shape index (κ1) is 28.0. The summed E-state index contributed by atoms with van der Waals surface area (Å²) in [5.41, 5.74) is 2.75. The van der Waals surface area contributed by atoms with Crippen LogP contribution in [0.3, 0.4) is 0 Å². The molecule has 0 spiro atoms. The molecule has 4 saturated carbocycles. The largest absolute Gasteiger partial charge is 0.366 e. The summed E-state index contributed by atoms with van der Waals surface area (Å²) < 4.78 is 14.7. The van der Waals surface area contributed by atoms with E-state index in [1.165, 1.54) is 44.0 Å². The van der Waals surface area contributed by atoms with Crippen LogP contribution >= 0.6 is 0 Å². The third kappa shape index (κ3) is 3.42. The van der Waals surface area contributed by atoms with Crippen molar-refractivity contribution in [1.82, 2.24) is 0 Å². The molecule has 0 unspecified atom stereocenters. The van der Waals surface area contributed by atoms with Crippen LogP contribution in [-0.4, -0.2) is 18.4 Å². The number of fused-ring (bicyclic) bond motifs is 7. The highest BCUT2D eigenvalue weighted by Crippen LogP contribution is 2.76. The van der Waals surface area contributed by atoms with Gasteiger partial charge in [-0.15, -0.1) is 0 Å². The molecule has 1 aromatic carbocycles. The summed E-state index contributed by atoms with van der Waals surface area (Å²) >= 11 is 0. The first-order valence-corrected chi connectivity index (χ1v) is 15.9. The number of aldehydes is 1. The Morgan fingerprint density at radius 3 is 2.40 bits per heavy atom. The minimum Gasteiger partial charge on any atom is -0.366 e. The Morgan fingerprint density at radius 2 is 1.75 bits per heavy atom. The fourth-order valence-electron chi connectivity index (χ4n) is 12.3. The average Bonchev–Trinajstić information content (AvgIpc) is 3.29. The van der Waals surface area contributed by atoms with Gasteiger partial charge in [0, 0.05) is 23.2 Å². The van der Waals surface area contributed by atoms with Crippen molar-refractivity contribution in [2.24, 2.45) is 51.2 Å². The van der Waals surface area contributed by atoms with Crippen molar-refractivity contribution >= 4 is 12.0 Å². The maximum atomic E-state index is 14.7. The minimum atomic E-state index is -0.421. The fraction of sp³-hybridized carbons (Fsp3) is 0.722. The number of hydrogen-bond acceptors (Lipinski definition) is 3. The van der Waals surface area contributed by atoms with Gasteiger partial charge in [0.2, 0.25) is 0 Å². The lowest BCUT2D eigenvalue weighted by Gasteiger charge is -2.73. The van der Waals surface area contributed by atoms with Crippen molar-refractivity contribution in [3.05, 3.63) is 41.7 Å². The Kier molecular flexibility index (Phi) is 6.25. The zero-order chi connectivity index (χ0) is 28.9. The Bertz CT molecular complexity index is 1280. The minimum absolute atomic E-state index is 0.109. The number of benzene rings is 1. The van der Waals surface area contributed by atoms with E-state index < -0.39 is 5.82 Å². The molecule has 5 aliphatic rings. The maximum Gasteiger partial charge on any atom is 0.143 e. The number of rotatable bonds is 3. The van der Waals surface area contributed by atoms with Gasteiger partial charge < -0.3 is 9.69 Å². The summed E-state index contributed by atoms with van der Waals surface area (Å²) in [5.74, 6) is 2.26. The fourth-order valence-corrected chi connectivity index (χ4v) is 12.3. The molecule has 5 fully saturated rings. The molecule has 4 aliphatic carbocycles. The van der Waals surface area contributed by atoms with Gasteiger partial charge in [0.25, 0.3) is 0 Å². The van der Waals surface area contributed by atoms with Gasteiger partial charge in [-0.3, -0.25) is 0 Å². The van der Waals surface area contributed by atoms with E-state index in [-0.39, 0.29) is 32.8 Å². The van der Waals surface area contributed by atoms with E-state index in [4.69, 9.17) is 0 Å². The molecule has 1 aromatic rings. The van der Waals surface area contributed by atoms with Gasteiger partial charge in [0.1, 0.15) is 18.2 Å². The van der Waals surface area contributed by atoms with Crippen LogP contribution in [0, 0.1) is 68.4 Å². The molecule has 216 valence electrons. The molecule has 4 heteroatoms. The summed E-state index contributed by atoms with van der Waals surface area (Å²) in [6.45, 7) is 20.1. The number of carbonyl (C=O) groups excluding carboxylic acids is 1. The first-order valence-electron chi connectivity index (χ1n) is 15.9. The van der Waals surface area contributed by atoms with Gasteiger partial charge in [-0.05, 0) is 143 Å². The van der Waals surface area contributed by atoms with Crippen molar-refractivity contribution in [3.8, 4) is 6.07 Å². The number of nitrogens with zero attached hydrogens (tertiary/aromatic N) is 2. The summed E-state index contributed by atoms with van der Waals surface area (Å²) in [7, 11) is 0. The second-order valence-electron chi connectivity index (χ2n) is 15.9. The predicted octanol–water partition coefficient (Wildman–Crippen LogP) is 8.72. The molecule has 0 amide bonds. The molecule has 1 saturated heterocycles. The quantitative estimate of drug-likeness (QED) is 0.282. The number of hydrogen-bond donors (Lipinski definition) is 0. The van der Waals surface area contributed by atoms with E-state index in [1.807, 2.05) is 12.1 Å². The molecule has 1 heterocycles. The molecule has 3 nitrogen and oxygen atoms in total. The molecule has 40 heavy (non-hydrogen) atoms. The van der Waals surface area contributed by atoms with Crippen LogP contribution in [0.1, 0.15) is 105 Å². The van der Waals surface area contributed by atoms with Gasteiger partial charge in [-0.25, -0.2) is 4.39 Å². The van der Waals surface area contributed by atoms with E-state index >= 15 is 0 Å². The molecule has 1 aliphatic heterocycles. The van der Waals surface area contributed by atoms with Gasteiger partial charge in [0.15, 0.2) is 0 Å². The van der Waals surface area contributed by atoms with Crippen molar-refractivity contribution in [3.63, 3.8) is 0 Å². The molecular formula is C36H49FN2O. The van der Waals surface area contributed by atoms with Gasteiger partial charge in [-0.1, -0.05) is 32.9 Å². The van der Waals surface area contributed by atoms with Crippen LogP contribution in [0.5, 0.6) is 0 Å². The highest BCUT2D eigenvalue weighted by Gasteiger charge is 2.70. The Morgan fingerprint density at radius 1 is 1.00 bits per heavy atom. The van der Waals surface area contributed by atoms with E-state index in [0.29, 0.717) is 29.6 Å². The zero-order valence-electron chi connectivity index (χ0n) is 25.7. The van der Waals surface area contributed by atoms with Crippen molar-refractivity contribution in [2.75, 3.05) is 11.4 Å². The third-order valence-corrected chi connectivity index (χ3v) is 14.4. The SMILES string of the molecule is C=C(C)[C@@H]1CC[C@]2(C=O)CC[C@]3(C)[C@H](CC[C@@H]4[C@@]5(C)CCN(c6ccc(C#N)c(F)c6)C(C)(C)[C@@H]5CC[C@]43C)[C@@H]12. The monoisotopic (exact) mass is 544 g/mol. The van der Waals surface area contributed by atoms with E-state index in [9.17, 15) is 14.4 Å². The van der Waals surface area contributed by atoms with Crippen LogP contribution in [0.25, 0.3) is 0 Å². The van der Waals surface area contributed by atoms with Crippen molar-refractivity contribution < 1.29 is 9.18 Å². The highest BCUT2D eigenvalue weighted by atomic mass is 19.1. The Hall–Kier alpha value is -2.15. The molecule has 0 N–H and O–H groups in total. The Balaban J connectivity index is 1.34. The highest BCUT2D eigenvalue weighted by molar-refractivity contribution is 5.62. The van der Waals surface area contributed by atoms with Gasteiger partial charge >= 0.3 is 0 Å². The first-order chi connectivity index (χ1) is 18.8. The van der Waals surface area contributed by atoms with Crippen LogP contribution < -0.4 is 4.90 Å². The molecule has 0 bridgehead atoms. The van der Waals surface area contributed by atoms with E-state index in [2.05, 4.69) is 53.0 Å². The second kappa shape index (κ2) is 8.92. The lowest BCUT2D eigenvalue weighted by molar-refractivity contribution is -0.225. The molecule has 6 rings (SSSR count). The Labute approximate surface area is 241 Å². The summed E-state index contributed by atoms with van der Waals surface area (Å²) in [6.07, 6.45) is 11.8. The maximum absolute atomic E-state index is 14.7.